The Morgan fingerprint density at radius 1 is 1.17 bits per heavy atom. The SMILES string of the molecule is Cc1nn(-c2ccccc2)c2sc(C(=O)N/N=C/c3ccc4c(c3)OCO4)cc12. The number of aromatic nitrogens is 2. The van der Waals surface area contributed by atoms with Gasteiger partial charge in [0.15, 0.2) is 11.5 Å². The van der Waals surface area contributed by atoms with Crippen LogP contribution in [0.1, 0.15) is 20.9 Å². The standard InChI is InChI=1S/C21H16N4O3S/c1-13-16-10-19(29-21(16)25(24-13)15-5-3-2-4-6-15)20(26)23-22-11-14-7-8-17-18(9-14)28-12-27-17/h2-11H,12H2,1H3,(H,23,26)/b22-11+. The number of hydrogen-bond acceptors (Lipinski definition) is 6. The molecule has 1 N–H and O–H groups in total. The van der Waals surface area contributed by atoms with E-state index in [1.165, 1.54) is 11.3 Å². The molecule has 0 radical (unpaired) electrons. The van der Waals surface area contributed by atoms with E-state index in [1.807, 2.05) is 66.2 Å². The number of nitrogens with one attached hydrogen (secondary N) is 1. The van der Waals surface area contributed by atoms with Gasteiger partial charge in [-0.15, -0.1) is 11.3 Å². The van der Waals surface area contributed by atoms with E-state index >= 15 is 0 Å². The highest BCUT2D eigenvalue weighted by Crippen LogP contribution is 2.32. The number of ether oxygens (including phenoxy) is 2. The van der Waals surface area contributed by atoms with E-state index in [4.69, 9.17) is 9.47 Å². The van der Waals surface area contributed by atoms with Gasteiger partial charge in [0.25, 0.3) is 5.91 Å². The Morgan fingerprint density at radius 3 is 2.86 bits per heavy atom. The highest BCUT2D eigenvalue weighted by molar-refractivity contribution is 7.20. The van der Waals surface area contributed by atoms with E-state index in [2.05, 4.69) is 15.6 Å². The molecule has 29 heavy (non-hydrogen) atoms. The molecule has 0 atom stereocenters. The maximum atomic E-state index is 12.6. The topological polar surface area (TPSA) is 77.7 Å². The van der Waals surface area contributed by atoms with Gasteiger partial charge in [-0.1, -0.05) is 18.2 Å². The van der Waals surface area contributed by atoms with Gasteiger partial charge >= 0.3 is 0 Å². The molecular weight excluding hydrogens is 388 g/mol. The summed E-state index contributed by atoms with van der Waals surface area (Å²) in [6.07, 6.45) is 1.57. The van der Waals surface area contributed by atoms with Gasteiger partial charge in [0, 0.05) is 5.39 Å². The second-order valence-electron chi connectivity index (χ2n) is 6.47. The first-order valence-electron chi connectivity index (χ1n) is 8.97. The predicted octanol–water partition coefficient (Wildman–Crippen LogP) is 3.89. The molecule has 0 spiro atoms. The lowest BCUT2D eigenvalue weighted by Gasteiger charge is -2.01. The number of aryl methyl sites for hydroxylation is 1. The number of para-hydroxylation sites is 1. The first-order valence-corrected chi connectivity index (χ1v) is 9.78. The van der Waals surface area contributed by atoms with E-state index in [1.54, 1.807) is 6.21 Å². The van der Waals surface area contributed by atoms with Crippen molar-refractivity contribution in [3.05, 3.63) is 70.7 Å². The lowest BCUT2D eigenvalue weighted by molar-refractivity contribution is 0.0959. The average molecular weight is 404 g/mol. The third-order valence-corrected chi connectivity index (χ3v) is 5.65. The molecule has 1 aliphatic rings. The average Bonchev–Trinajstić information content (AvgIpc) is 3.45. The van der Waals surface area contributed by atoms with Gasteiger partial charge in [0.2, 0.25) is 6.79 Å². The van der Waals surface area contributed by atoms with E-state index in [0.717, 1.165) is 27.2 Å². The molecule has 0 aliphatic carbocycles. The quantitative estimate of drug-likeness (QED) is 0.414. The summed E-state index contributed by atoms with van der Waals surface area (Å²) < 4.78 is 12.5. The van der Waals surface area contributed by atoms with Crippen molar-refractivity contribution in [1.29, 1.82) is 0 Å². The van der Waals surface area contributed by atoms with Crippen LogP contribution in [0.15, 0.2) is 59.7 Å². The molecule has 8 heteroatoms. The summed E-state index contributed by atoms with van der Waals surface area (Å²) in [5.74, 6) is 1.12. The molecule has 0 unspecified atom stereocenters. The number of fused-ring (bicyclic) bond motifs is 2. The summed E-state index contributed by atoms with van der Waals surface area (Å²) in [6.45, 7) is 2.16. The van der Waals surface area contributed by atoms with Crippen LogP contribution in [0.4, 0.5) is 0 Å². The zero-order chi connectivity index (χ0) is 19.8. The highest BCUT2D eigenvalue weighted by Gasteiger charge is 2.17. The summed E-state index contributed by atoms with van der Waals surface area (Å²) in [6, 6.07) is 17.2. The minimum Gasteiger partial charge on any atom is -0.454 e. The Morgan fingerprint density at radius 2 is 2.00 bits per heavy atom. The Bertz CT molecular complexity index is 1240. The maximum absolute atomic E-state index is 12.6. The first kappa shape index (κ1) is 17.4. The highest BCUT2D eigenvalue weighted by atomic mass is 32.1. The van der Waals surface area contributed by atoms with E-state index < -0.39 is 0 Å². The van der Waals surface area contributed by atoms with Crippen molar-refractivity contribution >= 4 is 33.7 Å². The van der Waals surface area contributed by atoms with Gasteiger partial charge in [0.1, 0.15) is 4.83 Å². The van der Waals surface area contributed by atoms with Crippen LogP contribution in [-0.2, 0) is 0 Å². The van der Waals surface area contributed by atoms with Crippen molar-refractivity contribution in [2.45, 2.75) is 6.92 Å². The normalized spacial score (nSPS) is 12.7. The van der Waals surface area contributed by atoms with Crippen LogP contribution in [0.2, 0.25) is 0 Å². The molecule has 7 nitrogen and oxygen atoms in total. The summed E-state index contributed by atoms with van der Waals surface area (Å²) in [5.41, 5.74) is 5.23. The largest absolute Gasteiger partial charge is 0.454 e. The van der Waals surface area contributed by atoms with Crippen LogP contribution in [0.3, 0.4) is 0 Å². The fourth-order valence-corrected chi connectivity index (χ4v) is 4.19. The molecule has 4 aromatic rings. The number of nitrogens with zero attached hydrogens (tertiary/aromatic N) is 3. The fourth-order valence-electron chi connectivity index (χ4n) is 3.12. The molecule has 1 aliphatic heterocycles. The van der Waals surface area contributed by atoms with Crippen LogP contribution in [0.5, 0.6) is 11.5 Å². The second-order valence-corrected chi connectivity index (χ2v) is 7.50. The number of benzene rings is 2. The molecule has 2 aromatic heterocycles. The minimum atomic E-state index is -0.262. The number of carbonyl (C=O) groups is 1. The van der Waals surface area contributed by atoms with E-state index in [0.29, 0.717) is 16.4 Å². The second kappa shape index (κ2) is 7.06. The minimum absolute atomic E-state index is 0.221. The van der Waals surface area contributed by atoms with E-state index in [9.17, 15) is 4.79 Å². The molecule has 3 heterocycles. The van der Waals surface area contributed by atoms with Crippen molar-refractivity contribution in [2.24, 2.45) is 5.10 Å². The Kier molecular flexibility index (Phi) is 4.25. The Labute approximate surface area is 170 Å². The molecule has 1 amide bonds. The molecule has 5 rings (SSSR count). The van der Waals surface area contributed by atoms with E-state index in [-0.39, 0.29) is 12.7 Å². The maximum Gasteiger partial charge on any atom is 0.281 e. The third-order valence-electron chi connectivity index (χ3n) is 4.55. The van der Waals surface area contributed by atoms with Crippen molar-refractivity contribution in [1.82, 2.24) is 15.2 Å². The lowest BCUT2D eigenvalue weighted by Crippen LogP contribution is -2.16. The smallest absolute Gasteiger partial charge is 0.281 e. The molecule has 144 valence electrons. The van der Waals surface area contributed by atoms with Crippen molar-refractivity contribution in [3.8, 4) is 17.2 Å². The zero-order valence-corrected chi connectivity index (χ0v) is 16.3. The van der Waals surface area contributed by atoms with Gasteiger partial charge in [0.05, 0.1) is 22.5 Å². The predicted molar refractivity (Wildman–Crippen MR) is 111 cm³/mol. The number of hydrogen-bond donors (Lipinski definition) is 1. The number of amides is 1. The summed E-state index contributed by atoms with van der Waals surface area (Å²) in [7, 11) is 0. The van der Waals surface area contributed by atoms with Crippen LogP contribution >= 0.6 is 11.3 Å². The number of carbonyl (C=O) groups excluding carboxylic acids is 1. The summed E-state index contributed by atoms with van der Waals surface area (Å²) in [5, 5.41) is 9.62. The van der Waals surface area contributed by atoms with Crippen molar-refractivity contribution < 1.29 is 14.3 Å². The van der Waals surface area contributed by atoms with Crippen LogP contribution in [0.25, 0.3) is 15.9 Å². The van der Waals surface area contributed by atoms with Crippen molar-refractivity contribution in [3.63, 3.8) is 0 Å². The molecule has 2 aromatic carbocycles. The summed E-state index contributed by atoms with van der Waals surface area (Å²) >= 11 is 1.39. The number of thiophene rings is 1. The van der Waals surface area contributed by atoms with Crippen LogP contribution in [-0.4, -0.2) is 28.7 Å². The number of rotatable bonds is 4. The van der Waals surface area contributed by atoms with Crippen LogP contribution < -0.4 is 14.9 Å². The first-order chi connectivity index (χ1) is 14.2. The lowest BCUT2D eigenvalue weighted by atomic mass is 10.2. The van der Waals surface area contributed by atoms with Crippen LogP contribution in [0, 0.1) is 6.92 Å². The molecular formula is C21H16N4O3S. The van der Waals surface area contributed by atoms with Gasteiger partial charge in [-0.2, -0.15) is 10.2 Å². The molecule has 0 saturated heterocycles. The molecule has 0 bridgehead atoms. The summed E-state index contributed by atoms with van der Waals surface area (Å²) in [4.78, 5) is 14.1. The number of hydrazone groups is 1. The monoisotopic (exact) mass is 404 g/mol. The zero-order valence-electron chi connectivity index (χ0n) is 15.5. The molecule has 0 fully saturated rings. The van der Waals surface area contributed by atoms with Gasteiger partial charge < -0.3 is 9.47 Å². The Hall–Kier alpha value is -3.65. The van der Waals surface area contributed by atoms with Gasteiger partial charge in [-0.05, 0) is 48.9 Å². The third kappa shape index (κ3) is 3.23. The van der Waals surface area contributed by atoms with Crippen molar-refractivity contribution in [2.75, 3.05) is 6.79 Å². The van der Waals surface area contributed by atoms with Gasteiger partial charge in [-0.3, -0.25) is 4.79 Å². The van der Waals surface area contributed by atoms with Gasteiger partial charge in [-0.25, -0.2) is 10.1 Å². The fraction of sp³-hybridized carbons (Fsp3) is 0.0952. The molecule has 0 saturated carbocycles. The Balaban J connectivity index is 1.36.